The molecule has 2 aliphatic rings. The van der Waals surface area contributed by atoms with Gasteiger partial charge in [-0.3, -0.25) is 19.8 Å². The van der Waals surface area contributed by atoms with Crippen LogP contribution in [0.2, 0.25) is 0 Å². The third-order valence-electron chi connectivity index (χ3n) is 6.49. The number of benzene rings is 2. The highest BCUT2D eigenvalue weighted by Gasteiger charge is 2.32. The van der Waals surface area contributed by atoms with Gasteiger partial charge in [-0.05, 0) is 45.0 Å². The maximum absolute atomic E-state index is 15.1. The molecule has 2 aromatic carbocycles. The molecule has 12 nitrogen and oxygen atoms in total. The van der Waals surface area contributed by atoms with Crippen molar-refractivity contribution in [2.45, 2.75) is 26.4 Å². The van der Waals surface area contributed by atoms with Crippen molar-refractivity contribution in [1.29, 1.82) is 0 Å². The minimum Gasteiger partial charge on any atom is -0.442 e. The second-order valence-corrected chi connectivity index (χ2v) is 10.5. The molecule has 3 amide bonds. The number of aromatic amines is 1. The number of nitrogens with one attached hydrogen (secondary N) is 2. The van der Waals surface area contributed by atoms with E-state index in [9.17, 15) is 19.2 Å². The molecule has 1 aromatic heterocycles. The van der Waals surface area contributed by atoms with Crippen molar-refractivity contribution < 1.29 is 28.3 Å². The highest BCUT2D eigenvalue weighted by molar-refractivity contribution is 6.45. The number of hydrazine groups is 1. The number of H-pyrrole nitrogens is 1. The van der Waals surface area contributed by atoms with E-state index in [2.05, 4.69) is 20.6 Å². The molecule has 2 N–H and O–H groups in total. The van der Waals surface area contributed by atoms with Crippen molar-refractivity contribution in [3.63, 3.8) is 0 Å². The van der Waals surface area contributed by atoms with Gasteiger partial charge in [0.1, 0.15) is 17.8 Å². The lowest BCUT2D eigenvalue weighted by molar-refractivity contribution is -0.127. The van der Waals surface area contributed by atoms with Gasteiger partial charge < -0.3 is 19.5 Å². The Labute approximate surface area is 234 Å². The van der Waals surface area contributed by atoms with Crippen LogP contribution in [0.15, 0.2) is 58.9 Å². The largest absolute Gasteiger partial charge is 0.442 e. The van der Waals surface area contributed by atoms with E-state index in [1.807, 2.05) is 6.07 Å². The van der Waals surface area contributed by atoms with E-state index >= 15 is 4.39 Å². The number of nitrogens with zero attached hydrogens (tertiary/aromatic N) is 5. The summed E-state index contributed by atoms with van der Waals surface area (Å²) in [5.41, 5.74) is 2.91. The molecule has 13 heteroatoms. The number of ketones is 1. The van der Waals surface area contributed by atoms with Crippen LogP contribution in [0.1, 0.15) is 47.1 Å². The molecule has 0 unspecified atom stereocenters. The molecule has 0 saturated carbocycles. The number of carbonyl (C=O) groups excluding carboxylic acids is 4. The lowest BCUT2D eigenvalue weighted by atomic mass is 10.0. The third-order valence-corrected chi connectivity index (χ3v) is 6.49. The average Bonchev–Trinajstić information content (AvgIpc) is 3.42. The summed E-state index contributed by atoms with van der Waals surface area (Å²) in [6, 6.07) is 11.4. The zero-order chi connectivity index (χ0) is 29.3. The fourth-order valence-corrected chi connectivity index (χ4v) is 4.54. The van der Waals surface area contributed by atoms with Crippen LogP contribution < -0.4 is 5.43 Å². The van der Waals surface area contributed by atoms with E-state index in [0.29, 0.717) is 11.1 Å². The van der Waals surface area contributed by atoms with E-state index in [4.69, 9.17) is 4.74 Å². The Bertz CT molecular complexity index is 1580. The van der Waals surface area contributed by atoms with Crippen LogP contribution in [0.3, 0.4) is 0 Å². The van der Waals surface area contributed by atoms with E-state index in [0.717, 1.165) is 17.4 Å². The minimum atomic E-state index is -0.887. The maximum atomic E-state index is 15.1. The molecule has 0 aliphatic carbocycles. The fraction of sp³-hybridized carbons (Fsp3) is 0.286. The highest BCUT2D eigenvalue weighted by Crippen LogP contribution is 2.27. The van der Waals surface area contributed by atoms with E-state index in [1.165, 1.54) is 17.2 Å². The van der Waals surface area contributed by atoms with Gasteiger partial charge in [0.2, 0.25) is 0 Å². The van der Waals surface area contributed by atoms with Gasteiger partial charge >= 0.3 is 6.09 Å². The van der Waals surface area contributed by atoms with Crippen molar-refractivity contribution in [3.05, 3.63) is 71.2 Å². The first-order chi connectivity index (χ1) is 19.5. The van der Waals surface area contributed by atoms with Crippen LogP contribution in [0, 0.1) is 5.82 Å². The van der Waals surface area contributed by atoms with Gasteiger partial charge in [0, 0.05) is 48.9 Å². The summed E-state index contributed by atoms with van der Waals surface area (Å²) in [4.78, 5) is 57.5. The Balaban J connectivity index is 1.32. The summed E-state index contributed by atoms with van der Waals surface area (Å²) in [5, 5.41) is 8.73. The van der Waals surface area contributed by atoms with Gasteiger partial charge in [-0.25, -0.2) is 9.18 Å². The number of amidine groups is 1. The second-order valence-electron chi connectivity index (χ2n) is 10.5. The summed E-state index contributed by atoms with van der Waals surface area (Å²) in [6.45, 7) is 6.00. The molecule has 1 fully saturated rings. The summed E-state index contributed by atoms with van der Waals surface area (Å²) in [7, 11) is 0. The number of carbonyl (C=O) groups is 4. The number of amides is 3. The number of aromatic nitrogens is 1. The van der Waals surface area contributed by atoms with E-state index in [1.54, 1.807) is 49.9 Å². The average molecular weight is 562 g/mol. The molecule has 0 radical (unpaired) electrons. The van der Waals surface area contributed by atoms with Crippen LogP contribution >= 0.6 is 0 Å². The molecule has 3 heterocycles. The van der Waals surface area contributed by atoms with Crippen LogP contribution in [0.5, 0.6) is 0 Å². The second kappa shape index (κ2) is 10.8. The predicted octanol–water partition coefficient (Wildman–Crippen LogP) is 2.92. The number of fused-ring (bicyclic) bond motifs is 1. The number of Topliss-reactive ketones (excluding diaryl/α,β-unsaturated/α-hetero) is 1. The molecule has 3 aromatic rings. The van der Waals surface area contributed by atoms with Gasteiger partial charge in [-0.1, -0.05) is 18.2 Å². The first-order valence-corrected chi connectivity index (χ1v) is 12.9. The van der Waals surface area contributed by atoms with Crippen molar-refractivity contribution in [2.24, 2.45) is 10.2 Å². The van der Waals surface area contributed by atoms with Gasteiger partial charge in [0.15, 0.2) is 5.84 Å². The molecular formula is C28H28FN7O5. The summed E-state index contributed by atoms with van der Waals surface area (Å²) >= 11 is 0. The van der Waals surface area contributed by atoms with Gasteiger partial charge in [-0.15, -0.1) is 10.2 Å². The first-order valence-electron chi connectivity index (χ1n) is 12.9. The Hall–Kier alpha value is -5.07. The summed E-state index contributed by atoms with van der Waals surface area (Å²) in [5.74, 6) is -2.46. The van der Waals surface area contributed by atoms with Crippen molar-refractivity contribution >= 4 is 46.8 Å². The molecular weight excluding hydrogens is 533 g/mol. The Morgan fingerprint density at radius 2 is 1.63 bits per heavy atom. The quantitative estimate of drug-likeness (QED) is 0.371. The number of halogens is 1. The maximum Gasteiger partial charge on any atom is 0.434 e. The van der Waals surface area contributed by atoms with Crippen LogP contribution in [0.4, 0.5) is 9.18 Å². The van der Waals surface area contributed by atoms with Gasteiger partial charge in [-0.2, -0.15) is 5.01 Å². The zero-order valence-corrected chi connectivity index (χ0v) is 22.7. The number of piperazine rings is 1. The van der Waals surface area contributed by atoms with Crippen molar-refractivity contribution in [1.82, 2.24) is 25.2 Å². The topological polar surface area (TPSA) is 140 Å². The van der Waals surface area contributed by atoms with Gasteiger partial charge in [0.05, 0.1) is 11.1 Å². The van der Waals surface area contributed by atoms with E-state index in [-0.39, 0.29) is 54.4 Å². The van der Waals surface area contributed by atoms with E-state index < -0.39 is 29.2 Å². The summed E-state index contributed by atoms with van der Waals surface area (Å²) < 4.78 is 20.4. The first kappa shape index (κ1) is 27.5. The monoisotopic (exact) mass is 561 g/mol. The molecule has 0 bridgehead atoms. The molecule has 212 valence electrons. The molecule has 0 spiro atoms. The number of hydrogen-bond donors (Lipinski definition) is 2. The van der Waals surface area contributed by atoms with Crippen LogP contribution in [-0.4, -0.2) is 87.4 Å². The minimum absolute atomic E-state index is 0.0924. The Kier molecular flexibility index (Phi) is 7.26. The van der Waals surface area contributed by atoms with Crippen LogP contribution in [-0.2, 0) is 9.53 Å². The predicted molar refractivity (Wildman–Crippen MR) is 148 cm³/mol. The number of hydrogen-bond acceptors (Lipinski definition) is 8. The SMILES string of the molecule is CC(C)(C)OC(=O)N1C=NN=C(c2ccc(F)c3c(C(=O)C(=O)N4CCN(C(=O)c5ccccc5)CC4)c[nH]c23)N1. The zero-order valence-electron chi connectivity index (χ0n) is 22.7. The standard InChI is InChI=1S/C28H28FN7O5/c1-28(2,3)41-27(40)36-16-31-32-24(33-36)18-9-10-20(29)21-19(15-30-22(18)21)23(37)26(39)35-13-11-34(12-14-35)25(38)17-7-5-4-6-8-17/h4-10,15-16,30H,11-14H2,1-3H3,(H,32,33). The Morgan fingerprint density at radius 1 is 0.951 bits per heavy atom. The van der Waals surface area contributed by atoms with Crippen molar-refractivity contribution in [2.75, 3.05) is 26.2 Å². The lowest BCUT2D eigenvalue weighted by Gasteiger charge is -2.34. The number of rotatable bonds is 4. The fourth-order valence-electron chi connectivity index (χ4n) is 4.54. The van der Waals surface area contributed by atoms with Gasteiger partial charge in [0.25, 0.3) is 17.6 Å². The molecule has 5 rings (SSSR count). The third kappa shape index (κ3) is 5.64. The molecule has 1 saturated heterocycles. The van der Waals surface area contributed by atoms with Crippen molar-refractivity contribution in [3.8, 4) is 0 Å². The Morgan fingerprint density at radius 3 is 2.32 bits per heavy atom. The molecule has 2 aliphatic heterocycles. The lowest BCUT2D eigenvalue weighted by Crippen LogP contribution is -2.52. The van der Waals surface area contributed by atoms with Crippen LogP contribution in [0.25, 0.3) is 10.9 Å². The molecule has 0 atom stereocenters. The normalized spacial score (nSPS) is 15.4. The summed E-state index contributed by atoms with van der Waals surface area (Å²) in [6.07, 6.45) is 1.67. The number of ether oxygens (including phenoxy) is 1. The highest BCUT2D eigenvalue weighted by atomic mass is 19.1. The smallest absolute Gasteiger partial charge is 0.434 e. The molecule has 41 heavy (non-hydrogen) atoms.